The summed E-state index contributed by atoms with van der Waals surface area (Å²) in [5, 5.41) is 17.3. The molecule has 3 aromatic carbocycles. The van der Waals surface area contributed by atoms with Crippen molar-refractivity contribution in [3.63, 3.8) is 0 Å². The van der Waals surface area contributed by atoms with Crippen LogP contribution >= 0.6 is 0 Å². The van der Waals surface area contributed by atoms with Crippen LogP contribution in [0.5, 0.6) is 0 Å². The fourth-order valence-corrected chi connectivity index (χ4v) is 6.55. The topological polar surface area (TPSA) is 101 Å². The van der Waals surface area contributed by atoms with E-state index in [0.717, 1.165) is 59.1 Å². The van der Waals surface area contributed by atoms with Gasteiger partial charge in [-0.05, 0) is 86.8 Å². The number of aromatic nitrogens is 4. The van der Waals surface area contributed by atoms with Crippen LogP contribution in [0.2, 0.25) is 0 Å². The lowest BCUT2D eigenvalue weighted by Crippen LogP contribution is -2.41. The number of carbonyl (C=O) groups excluding carboxylic acids is 1. The fourth-order valence-electron chi connectivity index (χ4n) is 6.55. The van der Waals surface area contributed by atoms with Crippen molar-refractivity contribution < 1.29 is 18.0 Å². The Balaban J connectivity index is 1.45. The highest BCUT2D eigenvalue weighted by atomic mass is 19.4. The van der Waals surface area contributed by atoms with E-state index in [9.17, 15) is 28.0 Å². The van der Waals surface area contributed by atoms with Crippen LogP contribution in [0.25, 0.3) is 22.8 Å². The Morgan fingerprint density at radius 1 is 1.04 bits per heavy atom. The molecule has 0 spiro atoms. The van der Waals surface area contributed by atoms with Crippen molar-refractivity contribution in [1.29, 1.82) is 5.26 Å². The van der Waals surface area contributed by atoms with E-state index in [-0.39, 0.29) is 23.1 Å². The SMILES string of the molecule is Cc1c(-c2ccnn2-c2ccc(C#N)cc2CCN(C)Cc2ccccc2)n(C(=O)NC2CCCC2)c(=O)n1-c1cccc(C(F)(F)F)c1. The Hall–Kier alpha value is -5.41. The van der Waals surface area contributed by atoms with E-state index in [4.69, 9.17) is 0 Å². The summed E-state index contributed by atoms with van der Waals surface area (Å²) in [5.74, 6) is 0. The molecule has 6 rings (SSSR count). The standard InChI is InChI=1S/C37H36F3N7O2/c1-25-34(46(35(48)43-30-12-6-7-13-30)36(49)45(25)31-14-8-11-29(22-31)37(38,39)40)33-17-19-42-47(33)32-16-15-27(23-41)21-28(32)18-20-44(2)24-26-9-4-3-5-10-26/h3-5,8-11,14-17,19,21-22,30H,6-7,12-13,18,20,24H2,1-2H3,(H,43,48). The number of nitriles is 1. The molecule has 0 saturated heterocycles. The molecular formula is C37H36F3N7O2. The van der Waals surface area contributed by atoms with Gasteiger partial charge in [-0.25, -0.2) is 18.8 Å². The molecule has 1 aliphatic rings. The second-order valence-electron chi connectivity index (χ2n) is 12.4. The van der Waals surface area contributed by atoms with Gasteiger partial charge in [0.25, 0.3) is 0 Å². The summed E-state index contributed by atoms with van der Waals surface area (Å²) in [6.45, 7) is 2.99. The smallest absolute Gasteiger partial charge is 0.335 e. The number of nitrogens with zero attached hydrogens (tertiary/aromatic N) is 6. The highest BCUT2D eigenvalue weighted by Crippen LogP contribution is 2.33. The van der Waals surface area contributed by atoms with Gasteiger partial charge in [-0.2, -0.15) is 23.5 Å². The predicted molar refractivity (Wildman–Crippen MR) is 180 cm³/mol. The number of hydrogen-bond donors (Lipinski definition) is 1. The number of benzene rings is 3. The normalized spacial score (nSPS) is 13.6. The summed E-state index contributed by atoms with van der Waals surface area (Å²) >= 11 is 0. The molecule has 0 bridgehead atoms. The zero-order chi connectivity index (χ0) is 34.7. The molecule has 9 nitrogen and oxygen atoms in total. The van der Waals surface area contributed by atoms with Crippen LogP contribution in [0.3, 0.4) is 0 Å². The van der Waals surface area contributed by atoms with E-state index in [1.54, 1.807) is 42.1 Å². The number of imidazole rings is 1. The first-order valence-electron chi connectivity index (χ1n) is 16.2. The van der Waals surface area contributed by atoms with Crippen LogP contribution in [0.15, 0.2) is 89.9 Å². The average Bonchev–Trinajstić information content (AvgIpc) is 3.83. The summed E-state index contributed by atoms with van der Waals surface area (Å²) < 4.78 is 44.9. The second-order valence-corrected chi connectivity index (χ2v) is 12.4. The minimum absolute atomic E-state index is 0.0161. The summed E-state index contributed by atoms with van der Waals surface area (Å²) in [6.07, 6.45) is 0.926. The lowest BCUT2D eigenvalue weighted by molar-refractivity contribution is -0.137. The van der Waals surface area contributed by atoms with Crippen LogP contribution in [-0.2, 0) is 19.1 Å². The first-order valence-corrected chi connectivity index (χ1v) is 16.2. The molecule has 2 aromatic heterocycles. The summed E-state index contributed by atoms with van der Waals surface area (Å²) in [4.78, 5) is 30.2. The fraction of sp³-hybridized carbons (Fsp3) is 0.297. The molecule has 0 radical (unpaired) electrons. The van der Waals surface area contributed by atoms with Crippen molar-refractivity contribution in [3.05, 3.63) is 123 Å². The number of halogens is 3. The molecule has 1 N–H and O–H groups in total. The largest absolute Gasteiger partial charge is 0.416 e. The number of amides is 1. The average molecular weight is 668 g/mol. The van der Waals surface area contributed by atoms with Crippen molar-refractivity contribution in [1.82, 2.24) is 29.1 Å². The third kappa shape index (κ3) is 7.07. The van der Waals surface area contributed by atoms with E-state index in [1.165, 1.54) is 17.7 Å². The van der Waals surface area contributed by atoms with Crippen LogP contribution in [0.1, 0.15) is 53.6 Å². The van der Waals surface area contributed by atoms with E-state index in [1.807, 2.05) is 25.2 Å². The van der Waals surface area contributed by atoms with Crippen molar-refractivity contribution in [2.45, 2.75) is 57.8 Å². The zero-order valence-corrected chi connectivity index (χ0v) is 27.2. The van der Waals surface area contributed by atoms with Gasteiger partial charge in [0.15, 0.2) is 0 Å². The third-order valence-electron chi connectivity index (χ3n) is 8.98. The summed E-state index contributed by atoms with van der Waals surface area (Å²) in [6, 6.07) is 22.9. The number of carbonyl (C=O) groups is 1. The number of nitrogens with one attached hydrogen (secondary N) is 1. The summed E-state index contributed by atoms with van der Waals surface area (Å²) in [5.41, 5.74) is 2.25. The van der Waals surface area contributed by atoms with Crippen molar-refractivity contribution in [2.75, 3.05) is 13.6 Å². The highest BCUT2D eigenvalue weighted by molar-refractivity contribution is 5.83. The van der Waals surface area contributed by atoms with Crippen LogP contribution in [-0.4, -0.2) is 49.5 Å². The molecule has 0 atom stereocenters. The number of hydrogen-bond acceptors (Lipinski definition) is 5. The molecule has 2 heterocycles. The first-order chi connectivity index (χ1) is 23.5. The molecule has 252 valence electrons. The maximum absolute atomic E-state index is 14.1. The van der Waals surface area contributed by atoms with E-state index in [0.29, 0.717) is 29.9 Å². The highest BCUT2D eigenvalue weighted by Gasteiger charge is 2.32. The molecule has 1 fully saturated rings. The molecule has 0 unspecified atom stereocenters. The number of likely N-dealkylation sites (N-methyl/N-ethyl adjacent to an activating group) is 1. The van der Waals surface area contributed by atoms with E-state index < -0.39 is 23.5 Å². The van der Waals surface area contributed by atoms with Crippen molar-refractivity contribution >= 4 is 6.03 Å². The maximum atomic E-state index is 14.1. The van der Waals surface area contributed by atoms with Crippen molar-refractivity contribution in [2.24, 2.45) is 0 Å². The minimum atomic E-state index is -4.63. The Labute approximate surface area is 281 Å². The molecule has 0 aliphatic heterocycles. The van der Waals surface area contributed by atoms with Crippen LogP contribution in [0, 0.1) is 18.3 Å². The van der Waals surface area contributed by atoms with E-state index >= 15 is 0 Å². The van der Waals surface area contributed by atoms with Gasteiger partial charge in [0.05, 0.1) is 46.2 Å². The molecule has 12 heteroatoms. The van der Waals surface area contributed by atoms with Gasteiger partial charge in [0.1, 0.15) is 5.69 Å². The van der Waals surface area contributed by atoms with Gasteiger partial charge >= 0.3 is 17.9 Å². The Bertz CT molecular complexity index is 2070. The number of alkyl halides is 3. The quantitative estimate of drug-likeness (QED) is 0.185. The molecule has 1 amide bonds. The van der Waals surface area contributed by atoms with Crippen LogP contribution < -0.4 is 11.0 Å². The Kier molecular flexibility index (Phi) is 9.56. The molecule has 5 aromatic rings. The second kappa shape index (κ2) is 14.0. The van der Waals surface area contributed by atoms with Gasteiger partial charge in [0, 0.05) is 19.1 Å². The van der Waals surface area contributed by atoms with Crippen LogP contribution in [0.4, 0.5) is 18.0 Å². The van der Waals surface area contributed by atoms with Crippen molar-refractivity contribution in [3.8, 4) is 28.8 Å². The van der Waals surface area contributed by atoms with Gasteiger partial charge in [-0.1, -0.05) is 49.2 Å². The lowest BCUT2D eigenvalue weighted by atomic mass is 10.0. The third-order valence-corrected chi connectivity index (χ3v) is 8.98. The molecule has 1 aliphatic carbocycles. The zero-order valence-electron chi connectivity index (χ0n) is 27.2. The Morgan fingerprint density at radius 3 is 2.51 bits per heavy atom. The molecule has 1 saturated carbocycles. The monoisotopic (exact) mass is 667 g/mol. The van der Waals surface area contributed by atoms with Gasteiger partial charge in [0.2, 0.25) is 0 Å². The number of rotatable bonds is 9. The predicted octanol–water partition coefficient (Wildman–Crippen LogP) is 6.87. The minimum Gasteiger partial charge on any atom is -0.335 e. The van der Waals surface area contributed by atoms with Gasteiger partial charge in [-0.15, -0.1) is 0 Å². The molecular weight excluding hydrogens is 631 g/mol. The first kappa shape index (κ1) is 33.5. The van der Waals surface area contributed by atoms with E-state index in [2.05, 4.69) is 33.5 Å². The molecule has 49 heavy (non-hydrogen) atoms. The Morgan fingerprint density at radius 2 is 1.80 bits per heavy atom. The van der Waals surface area contributed by atoms with Gasteiger partial charge < -0.3 is 10.2 Å². The summed E-state index contributed by atoms with van der Waals surface area (Å²) in [7, 11) is 2.02. The van der Waals surface area contributed by atoms with Gasteiger partial charge in [-0.3, -0.25) is 4.57 Å². The maximum Gasteiger partial charge on any atom is 0.416 e. The lowest BCUT2D eigenvalue weighted by Gasteiger charge is -2.19.